The van der Waals surface area contributed by atoms with Gasteiger partial charge in [0.1, 0.15) is 6.26 Å². The molecule has 0 atom stereocenters. The number of amides is 2. The molecule has 0 saturated heterocycles. The second kappa shape index (κ2) is 10.8. The van der Waals surface area contributed by atoms with Crippen LogP contribution in [0.4, 0.5) is 5.82 Å². The van der Waals surface area contributed by atoms with Crippen LogP contribution in [-0.2, 0) is 9.59 Å². The summed E-state index contributed by atoms with van der Waals surface area (Å²) in [7, 11) is 0. The van der Waals surface area contributed by atoms with Gasteiger partial charge >= 0.3 is 0 Å². The Hall–Kier alpha value is -1.85. The van der Waals surface area contributed by atoms with Crippen molar-refractivity contribution in [2.24, 2.45) is 5.92 Å². The van der Waals surface area contributed by atoms with Gasteiger partial charge in [0.25, 0.3) is 0 Å². The molecule has 0 aliphatic heterocycles. The molecule has 1 heterocycles. The average Bonchev–Trinajstić information content (AvgIpc) is 3.00. The van der Waals surface area contributed by atoms with Crippen molar-refractivity contribution in [1.82, 2.24) is 10.1 Å². The molecule has 130 valence electrons. The van der Waals surface area contributed by atoms with Crippen LogP contribution in [0.5, 0.6) is 0 Å². The number of anilines is 1. The Morgan fingerprint density at radius 1 is 1.30 bits per heavy atom. The minimum Gasteiger partial charge on any atom is -0.363 e. The van der Waals surface area contributed by atoms with Gasteiger partial charge in [0.05, 0.1) is 6.54 Å². The van der Waals surface area contributed by atoms with E-state index < -0.39 is 0 Å². The average molecular weight is 323 g/mol. The van der Waals surface area contributed by atoms with Gasteiger partial charge in [-0.2, -0.15) is 0 Å². The molecule has 6 heteroatoms. The zero-order valence-corrected chi connectivity index (χ0v) is 14.5. The Morgan fingerprint density at radius 3 is 2.70 bits per heavy atom. The maximum atomic E-state index is 12.4. The minimum absolute atomic E-state index is 0.0528. The Labute approximate surface area is 138 Å². The number of nitrogens with zero attached hydrogens (tertiary/aromatic N) is 2. The highest BCUT2D eigenvalue weighted by Crippen LogP contribution is 2.09. The van der Waals surface area contributed by atoms with E-state index in [1.54, 1.807) is 11.0 Å². The van der Waals surface area contributed by atoms with E-state index in [9.17, 15) is 9.59 Å². The number of carbonyl (C=O) groups is 2. The molecule has 0 spiro atoms. The Bertz CT molecular complexity index is 458. The second-order valence-electron chi connectivity index (χ2n) is 6.24. The van der Waals surface area contributed by atoms with Crippen molar-refractivity contribution in [3.05, 3.63) is 12.3 Å². The van der Waals surface area contributed by atoms with Crippen LogP contribution < -0.4 is 5.32 Å². The van der Waals surface area contributed by atoms with Gasteiger partial charge in [-0.05, 0) is 18.8 Å². The van der Waals surface area contributed by atoms with Gasteiger partial charge in [0.2, 0.25) is 11.8 Å². The molecule has 1 aromatic heterocycles. The highest BCUT2D eigenvalue weighted by atomic mass is 16.5. The molecule has 0 radical (unpaired) electrons. The van der Waals surface area contributed by atoms with E-state index in [1.807, 2.05) is 0 Å². The molecule has 0 saturated carbocycles. The summed E-state index contributed by atoms with van der Waals surface area (Å²) < 4.78 is 4.68. The predicted molar refractivity (Wildman–Crippen MR) is 89.9 cm³/mol. The molecule has 0 fully saturated rings. The summed E-state index contributed by atoms with van der Waals surface area (Å²) in [4.78, 5) is 26.1. The lowest BCUT2D eigenvalue weighted by Gasteiger charge is -2.23. The zero-order chi connectivity index (χ0) is 17.1. The summed E-state index contributed by atoms with van der Waals surface area (Å²) in [6, 6.07) is 1.57. The molecule has 2 amide bonds. The fraction of sp³-hybridized carbons (Fsp3) is 0.706. The van der Waals surface area contributed by atoms with Gasteiger partial charge in [0.15, 0.2) is 5.82 Å². The molecule has 23 heavy (non-hydrogen) atoms. The molecular weight excluding hydrogens is 294 g/mol. The van der Waals surface area contributed by atoms with Crippen LogP contribution in [0.1, 0.15) is 59.3 Å². The summed E-state index contributed by atoms with van der Waals surface area (Å²) >= 11 is 0. The number of hydrogen-bond donors (Lipinski definition) is 1. The maximum Gasteiger partial charge on any atom is 0.245 e. The third-order valence-corrected chi connectivity index (χ3v) is 3.61. The monoisotopic (exact) mass is 323 g/mol. The Balaban J connectivity index is 2.49. The first-order chi connectivity index (χ1) is 11.0. The van der Waals surface area contributed by atoms with Crippen LogP contribution in [0, 0.1) is 5.92 Å². The number of nitrogens with one attached hydrogen (secondary N) is 1. The topological polar surface area (TPSA) is 75.4 Å². The van der Waals surface area contributed by atoms with Gasteiger partial charge in [-0.25, -0.2) is 0 Å². The summed E-state index contributed by atoms with van der Waals surface area (Å²) in [5.41, 5.74) is 0. The van der Waals surface area contributed by atoms with Gasteiger partial charge in [-0.3, -0.25) is 9.59 Å². The van der Waals surface area contributed by atoms with Crippen molar-refractivity contribution in [3.8, 4) is 0 Å². The predicted octanol–water partition coefficient (Wildman–Crippen LogP) is 3.46. The fourth-order valence-corrected chi connectivity index (χ4v) is 2.20. The number of carbonyl (C=O) groups excluding carboxylic acids is 2. The van der Waals surface area contributed by atoms with E-state index in [1.165, 1.54) is 6.26 Å². The maximum absolute atomic E-state index is 12.4. The Morgan fingerprint density at radius 2 is 2.09 bits per heavy atom. The highest BCUT2D eigenvalue weighted by Gasteiger charge is 2.17. The first kappa shape index (κ1) is 19.2. The van der Waals surface area contributed by atoms with Crippen LogP contribution in [0.2, 0.25) is 0 Å². The van der Waals surface area contributed by atoms with E-state index in [4.69, 9.17) is 0 Å². The van der Waals surface area contributed by atoms with Crippen molar-refractivity contribution >= 4 is 17.6 Å². The SMILES string of the molecule is CCCCCCC(=O)N(CCC(C)C)CC(=O)Nc1ccon1. The number of unbranched alkanes of at least 4 members (excludes halogenated alkanes) is 3. The molecular formula is C17H29N3O3. The molecule has 0 aromatic carbocycles. The van der Waals surface area contributed by atoms with Crippen molar-refractivity contribution in [2.45, 2.75) is 59.3 Å². The van der Waals surface area contributed by atoms with E-state index in [-0.39, 0.29) is 18.4 Å². The van der Waals surface area contributed by atoms with Gasteiger partial charge < -0.3 is 14.7 Å². The molecule has 1 aromatic rings. The first-order valence-corrected chi connectivity index (χ1v) is 8.51. The van der Waals surface area contributed by atoms with E-state index >= 15 is 0 Å². The Kier molecular flexibility index (Phi) is 9.02. The summed E-state index contributed by atoms with van der Waals surface area (Å²) in [5.74, 6) is 0.666. The standard InChI is InChI=1S/C17H29N3O3/c1-4-5-6-7-8-17(22)20(11-9-14(2)3)13-16(21)18-15-10-12-23-19-15/h10,12,14H,4-9,11,13H2,1-3H3,(H,18,19,21). The van der Waals surface area contributed by atoms with Crippen LogP contribution >= 0.6 is 0 Å². The lowest BCUT2D eigenvalue weighted by molar-refractivity contribution is -0.135. The third kappa shape index (κ3) is 8.38. The van der Waals surface area contributed by atoms with Crippen LogP contribution in [0.15, 0.2) is 16.9 Å². The van der Waals surface area contributed by atoms with E-state index in [0.717, 1.165) is 32.1 Å². The third-order valence-electron chi connectivity index (χ3n) is 3.61. The van der Waals surface area contributed by atoms with Crippen molar-refractivity contribution in [3.63, 3.8) is 0 Å². The van der Waals surface area contributed by atoms with Gasteiger partial charge in [0, 0.05) is 19.0 Å². The summed E-state index contributed by atoms with van der Waals surface area (Å²) in [6.07, 6.45) is 7.02. The summed E-state index contributed by atoms with van der Waals surface area (Å²) in [6.45, 7) is 7.03. The van der Waals surface area contributed by atoms with Crippen LogP contribution in [0.3, 0.4) is 0 Å². The molecule has 0 unspecified atom stereocenters. The molecule has 1 N–H and O–H groups in total. The molecule has 0 aliphatic rings. The van der Waals surface area contributed by atoms with Gasteiger partial charge in [-0.15, -0.1) is 0 Å². The lowest BCUT2D eigenvalue weighted by Crippen LogP contribution is -2.39. The minimum atomic E-state index is -0.246. The molecule has 6 nitrogen and oxygen atoms in total. The molecule has 0 aliphatic carbocycles. The van der Waals surface area contributed by atoms with Crippen molar-refractivity contribution in [2.75, 3.05) is 18.4 Å². The highest BCUT2D eigenvalue weighted by molar-refractivity contribution is 5.93. The quantitative estimate of drug-likeness (QED) is 0.633. The normalized spacial score (nSPS) is 10.8. The van der Waals surface area contributed by atoms with Crippen LogP contribution in [0.25, 0.3) is 0 Å². The number of rotatable bonds is 11. The lowest BCUT2D eigenvalue weighted by atomic mass is 10.1. The fourth-order valence-electron chi connectivity index (χ4n) is 2.20. The van der Waals surface area contributed by atoms with Crippen molar-refractivity contribution in [1.29, 1.82) is 0 Å². The van der Waals surface area contributed by atoms with E-state index in [2.05, 4.69) is 35.8 Å². The van der Waals surface area contributed by atoms with Gasteiger partial charge in [-0.1, -0.05) is 45.2 Å². The number of hydrogen-bond acceptors (Lipinski definition) is 4. The smallest absolute Gasteiger partial charge is 0.245 e. The van der Waals surface area contributed by atoms with Crippen molar-refractivity contribution < 1.29 is 14.1 Å². The summed E-state index contributed by atoms with van der Waals surface area (Å²) in [5, 5.41) is 6.28. The largest absolute Gasteiger partial charge is 0.363 e. The first-order valence-electron chi connectivity index (χ1n) is 8.51. The molecule has 1 rings (SSSR count). The van der Waals surface area contributed by atoms with E-state index in [0.29, 0.717) is 24.7 Å². The second-order valence-corrected chi connectivity index (χ2v) is 6.24. The van der Waals surface area contributed by atoms with Crippen LogP contribution in [-0.4, -0.2) is 35.0 Å². The zero-order valence-electron chi connectivity index (χ0n) is 14.5. The molecule has 0 bridgehead atoms. The number of aromatic nitrogens is 1.